The Morgan fingerprint density at radius 2 is 1.60 bits per heavy atom. The van der Waals surface area contributed by atoms with Crippen LogP contribution in [-0.4, -0.2) is 83.1 Å². The quantitative estimate of drug-likeness (QED) is 0.114. The van der Waals surface area contributed by atoms with Gasteiger partial charge in [-0.25, -0.2) is 9.59 Å². The van der Waals surface area contributed by atoms with Gasteiger partial charge in [-0.2, -0.15) is 5.06 Å². The molecule has 1 saturated heterocycles. The van der Waals surface area contributed by atoms with E-state index in [2.05, 4.69) is 46.2 Å². The lowest BCUT2D eigenvalue weighted by molar-refractivity contribution is -0.142. The first kappa shape index (κ1) is 32.4. The number of nitrogens with two attached hydrogens (primary N) is 1. The van der Waals surface area contributed by atoms with Crippen molar-refractivity contribution in [3.63, 3.8) is 0 Å². The molecule has 0 saturated carbocycles. The zero-order valence-corrected chi connectivity index (χ0v) is 25.6. The highest BCUT2D eigenvalue weighted by Gasteiger charge is 2.26. The third-order valence-electron chi connectivity index (χ3n) is 7.30. The fourth-order valence-electron chi connectivity index (χ4n) is 5.01. The summed E-state index contributed by atoms with van der Waals surface area (Å²) in [5.74, 6) is -0.923. The molecule has 1 aromatic heterocycles. The van der Waals surface area contributed by atoms with Crippen molar-refractivity contribution in [1.29, 1.82) is 0 Å². The first-order valence-corrected chi connectivity index (χ1v) is 15.2. The summed E-state index contributed by atoms with van der Waals surface area (Å²) in [6, 6.07) is 27.4. The van der Waals surface area contributed by atoms with Gasteiger partial charge < -0.3 is 15.6 Å². The molecular formula is C32H37ClN4O5S. The van der Waals surface area contributed by atoms with Crippen molar-refractivity contribution in [2.24, 2.45) is 5.73 Å². The maximum Gasteiger partial charge on any atom is 0.339 e. The van der Waals surface area contributed by atoms with Crippen LogP contribution in [0.3, 0.4) is 0 Å². The van der Waals surface area contributed by atoms with Crippen LogP contribution in [0.5, 0.6) is 0 Å². The number of nitrogens with zero attached hydrogens (tertiary/aromatic N) is 3. The van der Waals surface area contributed by atoms with Gasteiger partial charge in [0.1, 0.15) is 6.61 Å². The molecule has 2 unspecified atom stereocenters. The fraction of sp³-hybridized carbons (Fsp3) is 0.312. The minimum Gasteiger partial charge on any atom is -0.480 e. The SMILES string of the molecule is CC(c1cc2ccccc2s1)N(O)C(N)=O.O=C(O)COCCN1CCN(C(c2ccccc2)c2ccc(Cl)cc2)CC1. The summed E-state index contributed by atoms with van der Waals surface area (Å²) in [4.78, 5) is 27.1. The van der Waals surface area contributed by atoms with Crippen LogP contribution < -0.4 is 5.73 Å². The number of hydrogen-bond acceptors (Lipinski definition) is 7. The monoisotopic (exact) mass is 624 g/mol. The van der Waals surface area contributed by atoms with Crippen molar-refractivity contribution in [3.8, 4) is 0 Å². The first-order valence-electron chi connectivity index (χ1n) is 14.0. The van der Waals surface area contributed by atoms with Gasteiger partial charge in [-0.05, 0) is 47.7 Å². The summed E-state index contributed by atoms with van der Waals surface area (Å²) >= 11 is 7.62. The number of thiophene rings is 1. The molecule has 0 bridgehead atoms. The molecule has 11 heteroatoms. The zero-order valence-electron chi connectivity index (χ0n) is 24.0. The van der Waals surface area contributed by atoms with Gasteiger partial charge in [-0.3, -0.25) is 15.0 Å². The summed E-state index contributed by atoms with van der Waals surface area (Å²) in [6.45, 7) is 6.48. The number of urea groups is 1. The molecule has 1 fully saturated rings. The van der Waals surface area contributed by atoms with Gasteiger partial charge in [0.15, 0.2) is 0 Å². The van der Waals surface area contributed by atoms with Crippen LogP contribution in [0.15, 0.2) is 84.9 Å². The fourth-order valence-corrected chi connectivity index (χ4v) is 6.24. The number of carboxylic acid groups (broad SMARTS) is 1. The van der Waals surface area contributed by atoms with Crippen LogP contribution in [0.2, 0.25) is 5.02 Å². The maximum atomic E-state index is 10.8. The number of benzene rings is 3. The standard InChI is InChI=1S/C21H25ClN2O3.C11H12N2O2S/c22-19-8-6-18(7-9-19)21(17-4-2-1-3-5-17)24-12-10-23(11-13-24)14-15-27-16-20(25)26;1-7(13(15)11(12)14)10-6-8-4-2-3-5-9(8)16-10/h1-9,21H,10-16H2,(H,25,26);2-7,15H,1H3,(H2,12,14). The van der Waals surface area contributed by atoms with Crippen LogP contribution in [0.1, 0.15) is 35.0 Å². The third kappa shape index (κ3) is 9.24. The number of carbonyl (C=O) groups excluding carboxylic acids is 1. The lowest BCUT2D eigenvalue weighted by Crippen LogP contribution is -2.48. The van der Waals surface area contributed by atoms with E-state index < -0.39 is 18.0 Å². The topological polar surface area (TPSA) is 120 Å². The predicted octanol–water partition coefficient (Wildman–Crippen LogP) is 5.88. The number of hydroxylamine groups is 2. The van der Waals surface area contributed by atoms with Crippen LogP contribution in [-0.2, 0) is 9.53 Å². The molecule has 0 radical (unpaired) electrons. The molecule has 43 heavy (non-hydrogen) atoms. The molecule has 1 aliphatic heterocycles. The van der Waals surface area contributed by atoms with E-state index in [1.165, 1.54) is 11.1 Å². The van der Waals surface area contributed by atoms with E-state index >= 15 is 0 Å². The number of fused-ring (bicyclic) bond motifs is 1. The average Bonchev–Trinajstić information content (AvgIpc) is 3.46. The molecule has 0 spiro atoms. The van der Waals surface area contributed by atoms with Crippen LogP contribution in [0.4, 0.5) is 4.79 Å². The minimum absolute atomic E-state index is 0.203. The Bertz CT molecular complexity index is 1430. The molecule has 0 aliphatic carbocycles. The number of piperazine rings is 1. The maximum absolute atomic E-state index is 10.8. The van der Waals surface area contributed by atoms with E-state index in [0.29, 0.717) is 11.7 Å². The van der Waals surface area contributed by atoms with E-state index in [0.717, 1.165) is 52.7 Å². The molecule has 5 rings (SSSR count). The Morgan fingerprint density at radius 1 is 0.977 bits per heavy atom. The van der Waals surface area contributed by atoms with Crippen LogP contribution in [0.25, 0.3) is 10.1 Å². The van der Waals surface area contributed by atoms with E-state index in [1.54, 1.807) is 18.3 Å². The van der Waals surface area contributed by atoms with Gasteiger partial charge in [-0.1, -0.05) is 72.3 Å². The Hall–Kier alpha value is -3.51. The Kier molecular flexibility index (Phi) is 11.9. The van der Waals surface area contributed by atoms with Crippen LogP contribution in [0, 0.1) is 0 Å². The normalized spacial score (nSPS) is 15.3. The minimum atomic E-state index is -0.923. The van der Waals surface area contributed by atoms with E-state index in [9.17, 15) is 14.8 Å². The molecule has 4 N–H and O–H groups in total. The predicted molar refractivity (Wildman–Crippen MR) is 170 cm³/mol. The molecule has 2 heterocycles. The average molecular weight is 625 g/mol. The largest absolute Gasteiger partial charge is 0.480 e. The number of carboxylic acids is 1. The molecule has 2 amide bonds. The summed E-state index contributed by atoms with van der Waals surface area (Å²) in [5, 5.41) is 20.5. The van der Waals surface area contributed by atoms with Crippen LogP contribution >= 0.6 is 22.9 Å². The highest BCUT2D eigenvalue weighted by atomic mass is 35.5. The van der Waals surface area contributed by atoms with E-state index in [-0.39, 0.29) is 12.6 Å². The number of aliphatic carboxylic acids is 1. The first-order chi connectivity index (χ1) is 20.7. The second-order valence-electron chi connectivity index (χ2n) is 10.2. The number of amides is 2. The van der Waals surface area contributed by atoms with E-state index in [4.69, 9.17) is 27.2 Å². The highest BCUT2D eigenvalue weighted by Crippen LogP contribution is 2.32. The summed E-state index contributed by atoms with van der Waals surface area (Å²) in [7, 11) is 0. The molecule has 2 atom stereocenters. The smallest absolute Gasteiger partial charge is 0.339 e. The number of rotatable bonds is 10. The lowest BCUT2D eigenvalue weighted by atomic mass is 9.96. The van der Waals surface area contributed by atoms with Gasteiger partial charge in [0.2, 0.25) is 0 Å². The number of carbonyl (C=O) groups is 2. The summed E-state index contributed by atoms with van der Waals surface area (Å²) < 4.78 is 6.28. The van der Waals surface area contributed by atoms with Crippen molar-refractivity contribution in [2.45, 2.75) is 19.0 Å². The Morgan fingerprint density at radius 3 is 2.23 bits per heavy atom. The Labute approximate surface area is 260 Å². The number of halogens is 1. The second kappa shape index (κ2) is 15.8. The summed E-state index contributed by atoms with van der Waals surface area (Å²) in [6.07, 6.45) is 0. The number of primary amides is 1. The van der Waals surface area contributed by atoms with Crippen molar-refractivity contribution < 1.29 is 24.6 Å². The zero-order chi connectivity index (χ0) is 30.8. The third-order valence-corrected chi connectivity index (χ3v) is 8.84. The molecule has 4 aromatic rings. The number of ether oxygens (including phenoxy) is 1. The summed E-state index contributed by atoms with van der Waals surface area (Å²) in [5.41, 5.74) is 7.53. The van der Waals surface area contributed by atoms with Gasteiger partial charge in [0.25, 0.3) is 0 Å². The van der Waals surface area contributed by atoms with Gasteiger partial charge in [0.05, 0.1) is 18.7 Å². The number of hydrogen-bond donors (Lipinski definition) is 3. The van der Waals surface area contributed by atoms with Crippen molar-refractivity contribution in [3.05, 3.63) is 106 Å². The molecule has 228 valence electrons. The highest BCUT2D eigenvalue weighted by molar-refractivity contribution is 7.19. The van der Waals surface area contributed by atoms with Crippen molar-refractivity contribution in [1.82, 2.24) is 14.9 Å². The Balaban J connectivity index is 0.000000225. The molecular weight excluding hydrogens is 588 g/mol. The van der Waals surface area contributed by atoms with Crippen molar-refractivity contribution in [2.75, 3.05) is 45.9 Å². The molecule has 9 nitrogen and oxygen atoms in total. The second-order valence-corrected chi connectivity index (χ2v) is 11.8. The van der Waals surface area contributed by atoms with Gasteiger partial charge in [0, 0.05) is 47.3 Å². The van der Waals surface area contributed by atoms with Crippen molar-refractivity contribution >= 4 is 45.0 Å². The van der Waals surface area contributed by atoms with E-state index in [1.807, 2.05) is 48.5 Å². The molecule has 1 aliphatic rings. The van der Waals surface area contributed by atoms with Gasteiger partial charge in [-0.15, -0.1) is 11.3 Å². The lowest BCUT2D eigenvalue weighted by Gasteiger charge is -2.39. The molecule has 3 aromatic carbocycles. The van der Waals surface area contributed by atoms with Gasteiger partial charge >= 0.3 is 12.0 Å².